The van der Waals surface area contributed by atoms with E-state index in [1.54, 1.807) is 0 Å². The molecular weight excluding hydrogens is 476 g/mol. The van der Waals surface area contributed by atoms with Crippen LogP contribution >= 0.6 is 27.5 Å². The number of nitrogens with zero attached hydrogens (tertiary/aromatic N) is 2. The first-order chi connectivity index (χ1) is 15.0. The van der Waals surface area contributed by atoms with Gasteiger partial charge in [0, 0.05) is 39.9 Å². The van der Waals surface area contributed by atoms with Crippen LogP contribution < -0.4 is 10.6 Å². The number of anilines is 1. The summed E-state index contributed by atoms with van der Waals surface area (Å²) in [7, 11) is 2.09. The highest BCUT2D eigenvalue weighted by molar-refractivity contribution is 9.10. The Labute approximate surface area is 192 Å². The van der Waals surface area contributed by atoms with Gasteiger partial charge in [-0.15, -0.1) is 0 Å². The minimum Gasteiger partial charge on any atom is -0.372 e. The van der Waals surface area contributed by atoms with Crippen LogP contribution in [-0.4, -0.2) is 35.3 Å². The zero-order chi connectivity index (χ0) is 21.5. The summed E-state index contributed by atoms with van der Waals surface area (Å²) in [6.07, 6.45) is 0.806. The van der Waals surface area contributed by atoms with E-state index < -0.39 is 0 Å². The van der Waals surface area contributed by atoms with E-state index in [4.69, 9.17) is 16.6 Å². The number of halogens is 2. The molecule has 7 heteroatoms. The van der Waals surface area contributed by atoms with Gasteiger partial charge in [-0.1, -0.05) is 51.8 Å². The summed E-state index contributed by atoms with van der Waals surface area (Å²) >= 11 is 10.1. The number of imidazole rings is 1. The van der Waals surface area contributed by atoms with Gasteiger partial charge in [0.25, 0.3) is 0 Å². The highest BCUT2D eigenvalue weighted by Gasteiger charge is 2.24. The van der Waals surface area contributed by atoms with E-state index in [1.165, 1.54) is 5.56 Å². The molecule has 1 aliphatic rings. The fraction of sp³-hybridized carbons (Fsp3) is 0.167. The summed E-state index contributed by atoms with van der Waals surface area (Å²) in [5, 5.41) is 0.667. The third kappa shape index (κ3) is 3.93. The average Bonchev–Trinajstić information content (AvgIpc) is 3.06. The van der Waals surface area contributed by atoms with Crippen LogP contribution in [0.25, 0.3) is 11.0 Å². The predicted octanol–water partition coefficient (Wildman–Crippen LogP) is 5.17. The van der Waals surface area contributed by atoms with Crippen molar-refractivity contribution in [2.24, 2.45) is 4.99 Å². The molecule has 3 aromatic carbocycles. The summed E-state index contributed by atoms with van der Waals surface area (Å²) in [5.41, 5.74) is 6.43. The number of aromatic nitrogens is 2. The fourth-order valence-corrected chi connectivity index (χ4v) is 4.79. The molecule has 1 atom stereocenters. The topological polar surface area (TPSA) is 64.2 Å². The average molecular weight is 496 g/mol. The number of benzene rings is 3. The zero-order valence-electron chi connectivity index (χ0n) is 16.8. The molecule has 2 N–H and O–H groups in total. The maximum atomic E-state index is 11.7. The van der Waals surface area contributed by atoms with E-state index in [-0.39, 0.29) is 11.7 Å². The van der Waals surface area contributed by atoms with Crippen molar-refractivity contribution in [2.45, 2.75) is 12.5 Å². The van der Waals surface area contributed by atoms with Gasteiger partial charge in [0.15, 0.2) is 0 Å². The van der Waals surface area contributed by atoms with Crippen molar-refractivity contribution in [1.29, 1.82) is 0 Å². The number of aromatic amines is 2. The van der Waals surface area contributed by atoms with Crippen molar-refractivity contribution >= 4 is 50.0 Å². The lowest BCUT2D eigenvalue weighted by atomic mass is 9.99. The van der Waals surface area contributed by atoms with E-state index >= 15 is 0 Å². The fourth-order valence-electron chi connectivity index (χ4n) is 4.18. The minimum absolute atomic E-state index is 0.0471. The van der Waals surface area contributed by atoms with Gasteiger partial charge in [-0.3, -0.25) is 4.99 Å². The lowest BCUT2D eigenvalue weighted by Gasteiger charge is -2.22. The molecule has 1 unspecified atom stereocenters. The molecule has 0 saturated carbocycles. The van der Waals surface area contributed by atoms with Crippen LogP contribution in [0.1, 0.15) is 16.7 Å². The van der Waals surface area contributed by atoms with Crippen LogP contribution in [0.5, 0.6) is 0 Å². The van der Waals surface area contributed by atoms with Gasteiger partial charge in [0.2, 0.25) is 0 Å². The molecule has 0 saturated heterocycles. The van der Waals surface area contributed by atoms with Crippen molar-refractivity contribution in [3.63, 3.8) is 0 Å². The lowest BCUT2D eigenvalue weighted by molar-refractivity contribution is 0.662. The Morgan fingerprint density at radius 3 is 2.74 bits per heavy atom. The summed E-state index contributed by atoms with van der Waals surface area (Å²) in [5.74, 6) is 0. The second-order valence-corrected chi connectivity index (χ2v) is 9.10. The summed E-state index contributed by atoms with van der Waals surface area (Å²) in [6.45, 7) is 0.780. The first-order valence-corrected chi connectivity index (χ1v) is 11.2. The molecule has 0 aliphatic carbocycles. The number of fused-ring (bicyclic) bond motifs is 2. The summed E-state index contributed by atoms with van der Waals surface area (Å²) < 4.78 is 1.09. The van der Waals surface area contributed by atoms with Crippen LogP contribution in [0.2, 0.25) is 5.02 Å². The Hall–Kier alpha value is -2.83. The van der Waals surface area contributed by atoms with Gasteiger partial charge in [-0.05, 0) is 48.4 Å². The number of rotatable bonds is 3. The molecule has 0 bridgehead atoms. The number of H-pyrrole nitrogens is 2. The number of nitrogens with one attached hydrogen (secondary N) is 2. The van der Waals surface area contributed by atoms with Crippen LogP contribution in [0.3, 0.4) is 0 Å². The molecule has 4 aromatic rings. The molecule has 0 amide bonds. The SMILES string of the molecule is CN1CC(Cc2ccccc2Br)N=C(c2ccc3[nH]c(=O)[nH]c3c2)c2cc(Cl)ccc21. The van der Waals surface area contributed by atoms with Gasteiger partial charge >= 0.3 is 5.69 Å². The van der Waals surface area contributed by atoms with Crippen molar-refractivity contribution in [1.82, 2.24) is 9.97 Å². The van der Waals surface area contributed by atoms with Gasteiger partial charge in [0.05, 0.1) is 22.8 Å². The van der Waals surface area contributed by atoms with Crippen LogP contribution in [0.4, 0.5) is 5.69 Å². The Kier molecular flexibility index (Phi) is 5.20. The van der Waals surface area contributed by atoms with Gasteiger partial charge < -0.3 is 14.9 Å². The van der Waals surface area contributed by atoms with E-state index in [0.717, 1.165) is 51.0 Å². The third-order valence-corrected chi connectivity index (χ3v) is 6.63. The number of hydrogen-bond acceptors (Lipinski definition) is 3. The smallest absolute Gasteiger partial charge is 0.323 e. The van der Waals surface area contributed by atoms with Crippen molar-refractivity contribution in [3.8, 4) is 0 Å². The number of aliphatic imine (C=N–C) groups is 1. The van der Waals surface area contributed by atoms with Gasteiger partial charge in [0.1, 0.15) is 0 Å². The molecular formula is C24H20BrClN4O. The van der Waals surface area contributed by atoms with Crippen molar-refractivity contribution < 1.29 is 0 Å². The predicted molar refractivity (Wildman–Crippen MR) is 131 cm³/mol. The molecule has 0 fully saturated rings. The Bertz CT molecular complexity index is 1370. The number of benzodiazepines with no additional fused rings is 1. The Morgan fingerprint density at radius 2 is 1.90 bits per heavy atom. The summed E-state index contributed by atoms with van der Waals surface area (Å²) in [4.78, 5) is 24.8. The second kappa shape index (κ2) is 8.02. The van der Waals surface area contributed by atoms with Crippen molar-refractivity contribution in [2.75, 3.05) is 18.5 Å². The molecule has 0 spiro atoms. The minimum atomic E-state index is -0.218. The second-order valence-electron chi connectivity index (χ2n) is 7.81. The molecule has 5 nitrogen and oxygen atoms in total. The molecule has 5 rings (SSSR count). The van der Waals surface area contributed by atoms with Crippen LogP contribution in [-0.2, 0) is 6.42 Å². The first-order valence-electron chi connectivity index (χ1n) is 10.0. The third-order valence-electron chi connectivity index (χ3n) is 5.62. The monoisotopic (exact) mass is 494 g/mol. The van der Waals surface area contributed by atoms with Gasteiger partial charge in [-0.25, -0.2) is 4.79 Å². The number of hydrogen-bond donors (Lipinski definition) is 2. The van der Waals surface area contributed by atoms with E-state index in [1.807, 2.05) is 42.5 Å². The van der Waals surface area contributed by atoms with E-state index in [2.05, 4.69) is 56.0 Å². The molecule has 31 heavy (non-hydrogen) atoms. The first kappa shape index (κ1) is 20.1. The normalized spacial score (nSPS) is 16.2. The Balaban J connectivity index is 1.66. The maximum absolute atomic E-state index is 11.7. The van der Waals surface area contributed by atoms with E-state index in [9.17, 15) is 4.79 Å². The standard InChI is InChI=1S/C24H20BrClN4O/c1-30-13-17(10-14-4-2-3-5-19(14)25)27-23(18-12-16(26)7-9-22(18)30)15-6-8-20-21(11-15)29-24(31)28-20/h2-9,11-12,17H,10,13H2,1H3,(H2,28,29,31). The van der Waals surface area contributed by atoms with Crippen LogP contribution in [0, 0.1) is 0 Å². The zero-order valence-corrected chi connectivity index (χ0v) is 19.2. The molecule has 0 radical (unpaired) electrons. The lowest BCUT2D eigenvalue weighted by Crippen LogP contribution is -2.28. The molecule has 1 aromatic heterocycles. The Morgan fingerprint density at radius 1 is 1.10 bits per heavy atom. The highest BCUT2D eigenvalue weighted by atomic mass is 79.9. The maximum Gasteiger partial charge on any atom is 0.323 e. The molecule has 2 heterocycles. The molecule has 1 aliphatic heterocycles. The van der Waals surface area contributed by atoms with E-state index in [0.29, 0.717) is 5.02 Å². The quantitative estimate of drug-likeness (QED) is 0.412. The number of likely N-dealkylation sites (N-methyl/N-ethyl adjacent to an activating group) is 1. The van der Waals surface area contributed by atoms with Crippen LogP contribution in [0.15, 0.2) is 74.9 Å². The largest absolute Gasteiger partial charge is 0.372 e. The highest BCUT2D eigenvalue weighted by Crippen LogP contribution is 2.31. The van der Waals surface area contributed by atoms with Crippen molar-refractivity contribution in [3.05, 3.63) is 97.3 Å². The summed E-state index contributed by atoms with van der Waals surface area (Å²) in [6, 6.07) is 20.1. The van der Waals surface area contributed by atoms with Gasteiger partial charge in [-0.2, -0.15) is 0 Å². The molecule has 156 valence electrons.